The van der Waals surface area contributed by atoms with Crippen molar-refractivity contribution in [2.24, 2.45) is 0 Å². The normalized spacial score (nSPS) is 12.0. The Hall–Kier alpha value is -3.27. The Bertz CT molecular complexity index is 1380. The van der Waals surface area contributed by atoms with Crippen molar-refractivity contribution in [3.63, 3.8) is 0 Å². The van der Waals surface area contributed by atoms with Gasteiger partial charge in [-0.1, -0.05) is 29.8 Å². The maximum absolute atomic E-state index is 14.8. The molecule has 1 aromatic heterocycles. The molecule has 3 aromatic carbocycles. The fraction of sp³-hybridized carbons (Fsp3) is 0.0870. The molecule has 0 radical (unpaired) electrons. The van der Waals surface area contributed by atoms with Gasteiger partial charge in [-0.2, -0.15) is 0 Å². The smallest absolute Gasteiger partial charge is 0.338 e. The van der Waals surface area contributed by atoms with E-state index in [1.54, 1.807) is 41.8 Å². The summed E-state index contributed by atoms with van der Waals surface area (Å²) in [6.07, 6.45) is 1.43. The maximum atomic E-state index is 14.8. The van der Waals surface area contributed by atoms with Crippen molar-refractivity contribution in [1.82, 2.24) is 4.57 Å². The van der Waals surface area contributed by atoms with Crippen LogP contribution in [0, 0.1) is 11.6 Å². The standard InChI is InChI=1S/C23H17ClF2N2O4S/c1-2-32-23(29)14-8-9-18(25)21(10-14)28(33(30)31)22-13-27(15-6-4-3-5-7-15)20-12-17(24)19(26)11-16(20)22/h3-13H,2H2,1H3,(H,30,31)/p-1. The van der Waals surface area contributed by atoms with Crippen LogP contribution in [0.2, 0.25) is 5.02 Å². The molecule has 33 heavy (non-hydrogen) atoms. The average molecular weight is 490 g/mol. The van der Waals surface area contributed by atoms with Crippen LogP contribution in [0.3, 0.4) is 0 Å². The van der Waals surface area contributed by atoms with Gasteiger partial charge in [0.1, 0.15) is 11.6 Å². The largest absolute Gasteiger partial charge is 0.755 e. The Balaban J connectivity index is 1.98. The van der Waals surface area contributed by atoms with E-state index in [4.69, 9.17) is 16.3 Å². The first kappa shape index (κ1) is 22.9. The highest BCUT2D eigenvalue weighted by Gasteiger charge is 2.23. The van der Waals surface area contributed by atoms with Crippen molar-refractivity contribution in [3.8, 4) is 5.69 Å². The van der Waals surface area contributed by atoms with Crippen LogP contribution in [0.15, 0.2) is 66.9 Å². The molecule has 1 atom stereocenters. The fourth-order valence-electron chi connectivity index (χ4n) is 3.47. The summed E-state index contributed by atoms with van der Waals surface area (Å²) in [7, 11) is 0. The summed E-state index contributed by atoms with van der Waals surface area (Å²) >= 11 is 2.96. The van der Waals surface area contributed by atoms with Crippen LogP contribution in [0.4, 0.5) is 20.2 Å². The molecule has 0 aliphatic rings. The minimum absolute atomic E-state index is 0.0299. The minimum atomic E-state index is -3.03. The Morgan fingerprint density at radius 1 is 1.09 bits per heavy atom. The van der Waals surface area contributed by atoms with Crippen LogP contribution in [0.1, 0.15) is 17.3 Å². The number of fused-ring (bicyclic) bond motifs is 1. The number of esters is 1. The van der Waals surface area contributed by atoms with Gasteiger partial charge in [-0.05, 0) is 49.4 Å². The first-order chi connectivity index (χ1) is 15.8. The third-order valence-corrected chi connectivity index (χ3v) is 5.88. The molecule has 1 heterocycles. The molecular weight excluding hydrogens is 474 g/mol. The second-order valence-electron chi connectivity index (χ2n) is 6.90. The monoisotopic (exact) mass is 489 g/mol. The number of ether oxygens (including phenoxy) is 1. The lowest BCUT2D eigenvalue weighted by Gasteiger charge is -2.26. The van der Waals surface area contributed by atoms with Crippen molar-refractivity contribution in [1.29, 1.82) is 0 Å². The fourth-order valence-corrected chi connectivity index (χ4v) is 4.23. The molecule has 4 rings (SSSR count). The van der Waals surface area contributed by atoms with Crippen molar-refractivity contribution in [3.05, 3.63) is 89.1 Å². The molecule has 6 nitrogen and oxygen atoms in total. The van der Waals surface area contributed by atoms with E-state index in [0.717, 1.165) is 18.2 Å². The molecule has 170 valence electrons. The average Bonchev–Trinajstić information content (AvgIpc) is 3.14. The first-order valence-corrected chi connectivity index (χ1v) is 11.1. The van der Waals surface area contributed by atoms with E-state index in [0.29, 0.717) is 15.5 Å². The maximum Gasteiger partial charge on any atom is 0.338 e. The van der Waals surface area contributed by atoms with E-state index in [1.165, 1.54) is 18.3 Å². The number of hydrogen-bond donors (Lipinski definition) is 0. The van der Waals surface area contributed by atoms with E-state index in [2.05, 4.69) is 0 Å². The number of aromatic nitrogens is 1. The molecule has 1 unspecified atom stereocenters. The van der Waals surface area contributed by atoms with Gasteiger partial charge in [-0.25, -0.2) is 13.6 Å². The minimum Gasteiger partial charge on any atom is -0.755 e. The highest BCUT2D eigenvalue weighted by Crippen LogP contribution is 2.39. The van der Waals surface area contributed by atoms with Crippen LogP contribution in [-0.2, 0) is 16.0 Å². The summed E-state index contributed by atoms with van der Waals surface area (Å²) in [6.45, 7) is 1.70. The van der Waals surface area contributed by atoms with E-state index in [-0.39, 0.29) is 28.3 Å². The molecule has 0 spiro atoms. The van der Waals surface area contributed by atoms with E-state index >= 15 is 0 Å². The van der Waals surface area contributed by atoms with Gasteiger partial charge in [0.2, 0.25) is 0 Å². The SMILES string of the molecule is CCOC(=O)c1ccc(F)c(N(c2cn(-c3ccccc3)c3cc(Cl)c(F)cc23)S(=O)[O-])c1. The third kappa shape index (κ3) is 4.35. The second kappa shape index (κ2) is 9.30. The number of benzene rings is 3. The molecule has 0 amide bonds. The summed E-state index contributed by atoms with van der Waals surface area (Å²) in [6, 6.07) is 14.6. The zero-order valence-electron chi connectivity index (χ0n) is 17.1. The number of halogens is 3. The molecule has 4 aromatic rings. The van der Waals surface area contributed by atoms with Crippen LogP contribution in [0.25, 0.3) is 16.6 Å². The van der Waals surface area contributed by atoms with Crippen LogP contribution in [0.5, 0.6) is 0 Å². The Morgan fingerprint density at radius 2 is 1.82 bits per heavy atom. The number of carbonyl (C=O) groups excluding carboxylic acids is 1. The molecule has 0 aliphatic carbocycles. The quantitative estimate of drug-likeness (QED) is 0.258. The summed E-state index contributed by atoms with van der Waals surface area (Å²) in [5.41, 5.74) is 0.563. The van der Waals surface area contributed by atoms with Crippen molar-refractivity contribution < 1.29 is 27.1 Å². The lowest BCUT2D eigenvalue weighted by molar-refractivity contribution is 0.0526. The number of para-hydroxylation sites is 1. The summed E-state index contributed by atoms with van der Waals surface area (Å²) < 4.78 is 61.0. The number of rotatable bonds is 6. The molecule has 0 saturated carbocycles. The van der Waals surface area contributed by atoms with Crippen LogP contribution >= 0.6 is 11.6 Å². The van der Waals surface area contributed by atoms with Gasteiger partial charge in [0.05, 0.1) is 45.4 Å². The number of anilines is 2. The van der Waals surface area contributed by atoms with Crippen LogP contribution in [-0.4, -0.2) is 25.9 Å². The molecular formula is C23H16ClF2N2O4S-. The van der Waals surface area contributed by atoms with Gasteiger partial charge in [-0.15, -0.1) is 0 Å². The highest BCUT2D eigenvalue weighted by molar-refractivity contribution is 7.81. The Kier molecular flexibility index (Phi) is 6.46. The Labute approximate surface area is 195 Å². The zero-order valence-corrected chi connectivity index (χ0v) is 18.7. The van der Waals surface area contributed by atoms with Gasteiger partial charge in [0, 0.05) is 17.3 Å². The van der Waals surface area contributed by atoms with Gasteiger partial charge in [0.15, 0.2) is 0 Å². The molecule has 0 aliphatic heterocycles. The van der Waals surface area contributed by atoms with Crippen molar-refractivity contribution in [2.45, 2.75) is 6.92 Å². The zero-order chi connectivity index (χ0) is 23.7. The molecule has 0 bridgehead atoms. The lowest BCUT2D eigenvalue weighted by Crippen LogP contribution is -2.21. The summed E-state index contributed by atoms with van der Waals surface area (Å²) in [4.78, 5) is 12.1. The summed E-state index contributed by atoms with van der Waals surface area (Å²) in [5.74, 6) is -2.41. The molecule has 10 heteroatoms. The highest BCUT2D eigenvalue weighted by atomic mass is 35.5. The van der Waals surface area contributed by atoms with Gasteiger partial charge < -0.3 is 13.9 Å². The Morgan fingerprint density at radius 3 is 2.48 bits per heavy atom. The predicted molar refractivity (Wildman–Crippen MR) is 122 cm³/mol. The number of carbonyl (C=O) groups is 1. The van der Waals surface area contributed by atoms with E-state index in [1.807, 2.05) is 0 Å². The number of hydrogen-bond acceptors (Lipinski definition) is 4. The molecule has 0 saturated heterocycles. The molecule has 0 fully saturated rings. The second-order valence-corrected chi connectivity index (χ2v) is 8.11. The van der Waals surface area contributed by atoms with E-state index in [9.17, 15) is 22.3 Å². The van der Waals surface area contributed by atoms with Gasteiger partial charge >= 0.3 is 5.97 Å². The number of nitrogens with zero attached hydrogens (tertiary/aromatic N) is 2. The van der Waals surface area contributed by atoms with Crippen molar-refractivity contribution in [2.75, 3.05) is 10.9 Å². The topological polar surface area (TPSA) is 74.6 Å². The van der Waals surface area contributed by atoms with Crippen LogP contribution < -0.4 is 4.31 Å². The van der Waals surface area contributed by atoms with E-state index < -0.39 is 34.6 Å². The van der Waals surface area contributed by atoms with Gasteiger partial charge in [-0.3, -0.25) is 8.51 Å². The van der Waals surface area contributed by atoms with Gasteiger partial charge in [0.25, 0.3) is 0 Å². The predicted octanol–water partition coefficient (Wildman–Crippen LogP) is 5.67. The molecule has 0 N–H and O–H groups in total. The first-order valence-electron chi connectivity index (χ1n) is 9.73. The summed E-state index contributed by atoms with van der Waals surface area (Å²) in [5, 5.41) is 0.0144. The lowest BCUT2D eigenvalue weighted by atomic mass is 10.1. The third-order valence-electron chi connectivity index (χ3n) is 4.90. The van der Waals surface area contributed by atoms with Crippen molar-refractivity contribution >= 4 is 51.1 Å².